The Balaban J connectivity index is 1.35. The summed E-state index contributed by atoms with van der Waals surface area (Å²) in [5.41, 5.74) is 2.64. The Morgan fingerprint density at radius 1 is 1.09 bits per heavy atom. The van der Waals surface area contributed by atoms with Gasteiger partial charge < -0.3 is 4.74 Å². The average molecular weight is 527 g/mol. The highest BCUT2D eigenvalue weighted by Crippen LogP contribution is 2.24. The molecular weight excluding hydrogens is 510 g/mol. The molecule has 11 heteroatoms. The average Bonchev–Trinajstić information content (AvgIpc) is 3.41. The van der Waals surface area contributed by atoms with E-state index >= 15 is 0 Å². The van der Waals surface area contributed by atoms with Crippen LogP contribution in [0.15, 0.2) is 70.3 Å². The molecule has 33 heavy (non-hydrogen) atoms. The van der Waals surface area contributed by atoms with Crippen molar-refractivity contribution in [3.8, 4) is 11.4 Å². The number of ether oxygens (including phenoxy) is 1. The quantitative estimate of drug-likeness (QED) is 0.313. The molecule has 3 heterocycles. The molecule has 3 aromatic heterocycles. The minimum atomic E-state index is -0.276. The van der Waals surface area contributed by atoms with Crippen molar-refractivity contribution < 1.29 is 4.74 Å². The summed E-state index contributed by atoms with van der Waals surface area (Å²) in [5.74, 6) is 0.706. The smallest absolute Gasteiger partial charge is 0.350 e. The van der Waals surface area contributed by atoms with Crippen LogP contribution in [0.4, 0.5) is 0 Å². The lowest BCUT2D eigenvalue weighted by Gasteiger charge is -2.06. The number of hydrogen-bond acceptors (Lipinski definition) is 6. The van der Waals surface area contributed by atoms with E-state index in [1.54, 1.807) is 42.3 Å². The number of methoxy groups -OCH3 is 1. The first-order chi connectivity index (χ1) is 16.0. The number of fused-ring (bicyclic) bond motifs is 1. The van der Waals surface area contributed by atoms with Gasteiger partial charge in [0.2, 0.25) is 0 Å². The largest absolute Gasteiger partial charge is 0.497 e. The number of aromatic nitrogens is 7. The third kappa shape index (κ3) is 4.39. The summed E-state index contributed by atoms with van der Waals surface area (Å²) < 4.78 is 10.6. The zero-order valence-corrected chi connectivity index (χ0v) is 19.7. The van der Waals surface area contributed by atoms with Gasteiger partial charge in [0.05, 0.1) is 37.6 Å². The zero-order valence-electron chi connectivity index (χ0n) is 17.4. The molecule has 0 saturated carbocycles. The Bertz CT molecular complexity index is 1510. The monoisotopic (exact) mass is 525 g/mol. The van der Waals surface area contributed by atoms with E-state index < -0.39 is 0 Å². The molecule has 0 aliphatic heterocycles. The van der Waals surface area contributed by atoms with Crippen molar-refractivity contribution in [3.05, 3.63) is 92.4 Å². The third-order valence-corrected chi connectivity index (χ3v) is 5.92. The number of pyridine rings is 1. The second-order valence-corrected chi connectivity index (χ2v) is 8.61. The minimum absolute atomic E-state index is 0.242. The van der Waals surface area contributed by atoms with Gasteiger partial charge in [-0.2, -0.15) is 9.78 Å². The molecule has 5 aromatic rings. The lowest BCUT2D eigenvalue weighted by Crippen LogP contribution is -2.24. The number of halogens is 2. The summed E-state index contributed by atoms with van der Waals surface area (Å²) in [4.78, 5) is 17.2. The Morgan fingerprint density at radius 3 is 2.70 bits per heavy atom. The van der Waals surface area contributed by atoms with Crippen LogP contribution in [0.25, 0.3) is 16.6 Å². The van der Waals surface area contributed by atoms with Crippen molar-refractivity contribution in [1.82, 2.24) is 34.3 Å². The van der Waals surface area contributed by atoms with Gasteiger partial charge in [0.25, 0.3) is 0 Å². The summed E-state index contributed by atoms with van der Waals surface area (Å²) in [6, 6.07) is 14.9. The van der Waals surface area contributed by atoms with E-state index in [9.17, 15) is 4.79 Å². The first-order valence-corrected chi connectivity index (χ1v) is 11.1. The summed E-state index contributed by atoms with van der Waals surface area (Å²) in [5, 5.41) is 14.0. The van der Waals surface area contributed by atoms with Crippen molar-refractivity contribution in [2.75, 3.05) is 7.11 Å². The van der Waals surface area contributed by atoms with Gasteiger partial charge in [0.15, 0.2) is 0 Å². The lowest BCUT2D eigenvalue weighted by molar-refractivity contribution is 0.414. The molecule has 0 radical (unpaired) electrons. The molecule has 0 spiro atoms. The summed E-state index contributed by atoms with van der Waals surface area (Å²) in [6.07, 6.45) is 3.26. The van der Waals surface area contributed by atoms with Crippen molar-refractivity contribution in [1.29, 1.82) is 0 Å². The molecule has 0 bridgehead atoms. The molecule has 166 valence electrons. The molecular formula is C22H17BrClN7O2. The molecule has 0 aliphatic rings. The number of rotatable bonds is 6. The second kappa shape index (κ2) is 8.80. The molecule has 0 unspecified atom stereocenters. The third-order valence-electron chi connectivity index (χ3n) is 5.10. The molecule has 0 N–H and O–H groups in total. The topological polar surface area (TPSA) is 92.7 Å². The maximum absolute atomic E-state index is 12.8. The molecule has 0 atom stereocenters. The lowest BCUT2D eigenvalue weighted by atomic mass is 10.1. The molecule has 2 aromatic carbocycles. The van der Waals surface area contributed by atoms with E-state index in [0.29, 0.717) is 28.8 Å². The second-order valence-electron chi connectivity index (χ2n) is 7.33. The fourth-order valence-corrected chi connectivity index (χ4v) is 4.04. The maximum Gasteiger partial charge on any atom is 0.350 e. The van der Waals surface area contributed by atoms with Crippen molar-refractivity contribution >= 4 is 38.4 Å². The zero-order chi connectivity index (χ0) is 22.9. The highest BCUT2D eigenvalue weighted by molar-refractivity contribution is 9.10. The molecule has 0 fully saturated rings. The fourth-order valence-electron chi connectivity index (χ4n) is 3.46. The van der Waals surface area contributed by atoms with Gasteiger partial charge in [-0.3, -0.25) is 4.57 Å². The Kier molecular flexibility index (Phi) is 5.69. The van der Waals surface area contributed by atoms with Gasteiger partial charge in [0, 0.05) is 15.4 Å². The van der Waals surface area contributed by atoms with Gasteiger partial charge in [-0.25, -0.2) is 14.5 Å². The molecule has 0 saturated heterocycles. The Labute approximate surface area is 201 Å². The fraction of sp³-hybridized carbons (Fsp3) is 0.136. The molecule has 0 aliphatic carbocycles. The van der Waals surface area contributed by atoms with Gasteiger partial charge in [-0.15, -0.1) is 5.10 Å². The molecule has 0 amide bonds. The first-order valence-electron chi connectivity index (χ1n) is 9.93. The van der Waals surface area contributed by atoms with E-state index in [1.165, 1.54) is 15.6 Å². The van der Waals surface area contributed by atoms with Crippen LogP contribution in [-0.2, 0) is 13.1 Å². The van der Waals surface area contributed by atoms with E-state index in [4.69, 9.17) is 16.3 Å². The van der Waals surface area contributed by atoms with Crippen LogP contribution in [-0.4, -0.2) is 41.4 Å². The Hall–Kier alpha value is -3.50. The predicted molar refractivity (Wildman–Crippen MR) is 127 cm³/mol. The number of hydrogen-bond donors (Lipinski definition) is 0. The molecule has 5 rings (SSSR count). The van der Waals surface area contributed by atoms with E-state index in [-0.39, 0.29) is 12.2 Å². The van der Waals surface area contributed by atoms with Crippen LogP contribution in [0.3, 0.4) is 0 Å². The normalized spacial score (nSPS) is 11.2. The van der Waals surface area contributed by atoms with Gasteiger partial charge in [-0.05, 0) is 48.5 Å². The molecule has 9 nitrogen and oxygen atoms in total. The van der Waals surface area contributed by atoms with Crippen molar-refractivity contribution in [3.63, 3.8) is 0 Å². The van der Waals surface area contributed by atoms with Crippen LogP contribution < -0.4 is 10.4 Å². The standard InChI is InChI=1S/C22H17BrClN7O2/c1-33-19-5-3-18(4-6-19)31-22(32)29(13-25-31)11-17-12-30(28-27-17)10-15-8-14-9-16(23)2-7-20(14)26-21(15)24/h2-9,12-13H,10-11H2,1H3. The van der Waals surface area contributed by atoms with E-state index in [0.717, 1.165) is 20.9 Å². The highest BCUT2D eigenvalue weighted by Gasteiger charge is 2.12. The van der Waals surface area contributed by atoms with Crippen molar-refractivity contribution in [2.24, 2.45) is 0 Å². The number of benzene rings is 2. The van der Waals surface area contributed by atoms with Crippen LogP contribution in [0.5, 0.6) is 5.75 Å². The maximum atomic E-state index is 12.8. The number of nitrogens with zero attached hydrogens (tertiary/aromatic N) is 7. The summed E-state index contributed by atoms with van der Waals surface area (Å²) in [6.45, 7) is 0.646. The SMILES string of the molecule is COc1ccc(-n2ncn(Cc3cn(Cc4cc5cc(Br)ccc5nc4Cl)nn3)c2=O)cc1. The highest BCUT2D eigenvalue weighted by atomic mass is 79.9. The summed E-state index contributed by atoms with van der Waals surface area (Å²) in [7, 11) is 1.59. The first kappa shape index (κ1) is 21.4. The van der Waals surface area contributed by atoms with Crippen molar-refractivity contribution in [2.45, 2.75) is 13.1 Å². The predicted octanol–water partition coefficient (Wildman–Crippen LogP) is 3.69. The van der Waals surface area contributed by atoms with Crippen LogP contribution in [0, 0.1) is 0 Å². The van der Waals surface area contributed by atoms with Crippen LogP contribution in [0.1, 0.15) is 11.3 Å². The van der Waals surface area contributed by atoms with Crippen LogP contribution >= 0.6 is 27.5 Å². The van der Waals surface area contributed by atoms with Gasteiger partial charge in [-0.1, -0.05) is 32.7 Å². The van der Waals surface area contributed by atoms with E-state index in [2.05, 4.69) is 36.3 Å². The minimum Gasteiger partial charge on any atom is -0.497 e. The van der Waals surface area contributed by atoms with Crippen LogP contribution in [0.2, 0.25) is 5.15 Å². The Morgan fingerprint density at radius 2 is 1.91 bits per heavy atom. The summed E-state index contributed by atoms with van der Waals surface area (Å²) >= 11 is 9.86. The van der Waals surface area contributed by atoms with Gasteiger partial charge in [0.1, 0.15) is 22.9 Å². The van der Waals surface area contributed by atoms with Gasteiger partial charge >= 0.3 is 5.69 Å². The van der Waals surface area contributed by atoms with E-state index in [1.807, 2.05) is 24.3 Å².